The number of rotatable bonds is 8. The number of amides is 2. The van der Waals surface area contributed by atoms with Gasteiger partial charge in [-0.1, -0.05) is 18.5 Å². The average molecular weight is 404 g/mol. The number of anilines is 1. The van der Waals surface area contributed by atoms with Crippen molar-refractivity contribution in [3.05, 3.63) is 53.1 Å². The van der Waals surface area contributed by atoms with Crippen LogP contribution < -0.4 is 20.2 Å². The standard InChI is InChI=1S/C20H22ClN3O4/c1-3-11-28-17-10-5-14(12-18(17)27-4-2)13-22-24-20(26)19(25)23-16-8-6-15(21)7-9-16/h5-10,12-13H,3-4,11H2,1-2H3,(H,23,25)(H,24,26)/b22-13-. The lowest BCUT2D eigenvalue weighted by atomic mass is 10.2. The number of hydrogen-bond donors (Lipinski definition) is 2. The van der Waals surface area contributed by atoms with Crippen LogP contribution in [0.3, 0.4) is 0 Å². The molecule has 0 unspecified atom stereocenters. The first kappa shape index (κ1) is 21.2. The van der Waals surface area contributed by atoms with Gasteiger partial charge >= 0.3 is 11.8 Å². The summed E-state index contributed by atoms with van der Waals surface area (Å²) in [5.74, 6) is -0.490. The first-order valence-electron chi connectivity index (χ1n) is 8.83. The molecule has 8 heteroatoms. The molecule has 0 spiro atoms. The number of nitrogens with zero attached hydrogens (tertiary/aromatic N) is 1. The second-order valence-corrected chi connectivity index (χ2v) is 6.08. The van der Waals surface area contributed by atoms with Crippen molar-refractivity contribution in [3.8, 4) is 11.5 Å². The number of nitrogens with one attached hydrogen (secondary N) is 2. The Kier molecular flexibility index (Phi) is 8.30. The van der Waals surface area contributed by atoms with Crippen molar-refractivity contribution in [2.24, 2.45) is 5.10 Å². The van der Waals surface area contributed by atoms with E-state index in [0.717, 1.165) is 6.42 Å². The van der Waals surface area contributed by atoms with Gasteiger partial charge in [0, 0.05) is 10.7 Å². The molecule has 0 aliphatic heterocycles. The predicted molar refractivity (Wildman–Crippen MR) is 109 cm³/mol. The molecule has 0 atom stereocenters. The predicted octanol–water partition coefficient (Wildman–Crippen LogP) is 3.62. The van der Waals surface area contributed by atoms with Crippen LogP contribution in [-0.4, -0.2) is 31.2 Å². The van der Waals surface area contributed by atoms with Crippen LogP contribution in [0.4, 0.5) is 5.69 Å². The highest BCUT2D eigenvalue weighted by Crippen LogP contribution is 2.28. The third kappa shape index (κ3) is 6.59. The molecule has 0 heterocycles. The van der Waals surface area contributed by atoms with E-state index in [1.54, 1.807) is 42.5 Å². The molecule has 2 rings (SSSR count). The number of ether oxygens (including phenoxy) is 2. The van der Waals surface area contributed by atoms with Gasteiger partial charge in [-0.05, 0) is 61.4 Å². The zero-order valence-electron chi connectivity index (χ0n) is 15.7. The summed E-state index contributed by atoms with van der Waals surface area (Å²) >= 11 is 5.78. The Bertz CT molecular complexity index is 838. The normalized spacial score (nSPS) is 10.5. The van der Waals surface area contributed by atoms with E-state index in [9.17, 15) is 9.59 Å². The van der Waals surface area contributed by atoms with Gasteiger partial charge in [0.2, 0.25) is 0 Å². The van der Waals surface area contributed by atoms with Crippen LogP contribution in [0.25, 0.3) is 0 Å². The van der Waals surface area contributed by atoms with E-state index < -0.39 is 11.8 Å². The molecule has 0 saturated heterocycles. The lowest BCUT2D eigenvalue weighted by Crippen LogP contribution is -2.32. The smallest absolute Gasteiger partial charge is 0.329 e. The second-order valence-electron chi connectivity index (χ2n) is 5.65. The van der Waals surface area contributed by atoms with Gasteiger partial charge in [0.05, 0.1) is 19.4 Å². The molecule has 0 saturated carbocycles. The highest BCUT2D eigenvalue weighted by molar-refractivity contribution is 6.39. The van der Waals surface area contributed by atoms with Crippen molar-refractivity contribution < 1.29 is 19.1 Å². The van der Waals surface area contributed by atoms with Crippen molar-refractivity contribution >= 4 is 35.3 Å². The number of benzene rings is 2. The van der Waals surface area contributed by atoms with E-state index in [0.29, 0.717) is 41.0 Å². The van der Waals surface area contributed by atoms with Gasteiger partial charge in [0.15, 0.2) is 11.5 Å². The minimum Gasteiger partial charge on any atom is -0.490 e. The maximum atomic E-state index is 11.9. The SMILES string of the molecule is CCCOc1ccc(/C=N\NC(=O)C(=O)Nc2ccc(Cl)cc2)cc1OCC. The summed E-state index contributed by atoms with van der Waals surface area (Å²) in [6.07, 6.45) is 2.30. The highest BCUT2D eigenvalue weighted by Gasteiger charge is 2.12. The third-order valence-corrected chi connectivity index (χ3v) is 3.67. The van der Waals surface area contributed by atoms with Gasteiger partial charge in [-0.15, -0.1) is 0 Å². The zero-order chi connectivity index (χ0) is 20.4. The molecule has 2 N–H and O–H groups in total. The van der Waals surface area contributed by atoms with E-state index >= 15 is 0 Å². The molecule has 0 fully saturated rings. The Labute approximate surface area is 168 Å². The van der Waals surface area contributed by atoms with E-state index in [2.05, 4.69) is 15.8 Å². The largest absolute Gasteiger partial charge is 0.490 e. The molecule has 0 aromatic heterocycles. The molecule has 0 aliphatic rings. The molecular weight excluding hydrogens is 382 g/mol. The van der Waals surface area contributed by atoms with Crippen LogP contribution in [-0.2, 0) is 9.59 Å². The Balaban J connectivity index is 1.95. The molecule has 2 aromatic carbocycles. The summed E-state index contributed by atoms with van der Waals surface area (Å²) in [5.41, 5.74) is 3.33. The molecule has 0 bridgehead atoms. The minimum atomic E-state index is -0.890. The van der Waals surface area contributed by atoms with Crippen LogP contribution in [0, 0.1) is 0 Å². The van der Waals surface area contributed by atoms with Crippen molar-refractivity contribution in [1.29, 1.82) is 0 Å². The van der Waals surface area contributed by atoms with Crippen molar-refractivity contribution in [1.82, 2.24) is 5.43 Å². The molecule has 7 nitrogen and oxygen atoms in total. The number of hydrogen-bond acceptors (Lipinski definition) is 5. The van der Waals surface area contributed by atoms with Crippen molar-refractivity contribution in [3.63, 3.8) is 0 Å². The summed E-state index contributed by atoms with van der Waals surface area (Å²) in [6, 6.07) is 11.7. The summed E-state index contributed by atoms with van der Waals surface area (Å²) in [5, 5.41) is 6.79. The maximum Gasteiger partial charge on any atom is 0.329 e. The molecule has 2 amide bonds. The van der Waals surface area contributed by atoms with Crippen LogP contribution in [0.15, 0.2) is 47.6 Å². The zero-order valence-corrected chi connectivity index (χ0v) is 16.5. The first-order chi connectivity index (χ1) is 13.5. The average Bonchev–Trinajstić information content (AvgIpc) is 2.69. The third-order valence-electron chi connectivity index (χ3n) is 3.42. The molecule has 148 valence electrons. The van der Waals surface area contributed by atoms with Crippen molar-refractivity contribution in [2.75, 3.05) is 18.5 Å². The van der Waals surface area contributed by atoms with Gasteiger partial charge in [0.1, 0.15) is 0 Å². The molecular formula is C20H22ClN3O4. The van der Waals surface area contributed by atoms with Crippen LogP contribution >= 0.6 is 11.6 Å². The van der Waals surface area contributed by atoms with Gasteiger partial charge < -0.3 is 14.8 Å². The molecule has 0 radical (unpaired) electrons. The van der Waals surface area contributed by atoms with Gasteiger partial charge in [-0.2, -0.15) is 5.10 Å². The van der Waals surface area contributed by atoms with E-state index in [-0.39, 0.29) is 0 Å². The van der Waals surface area contributed by atoms with Gasteiger partial charge in [0.25, 0.3) is 0 Å². The summed E-state index contributed by atoms with van der Waals surface area (Å²) in [6.45, 7) is 4.98. The maximum absolute atomic E-state index is 11.9. The highest BCUT2D eigenvalue weighted by atomic mass is 35.5. The first-order valence-corrected chi connectivity index (χ1v) is 9.20. The monoisotopic (exact) mass is 403 g/mol. The molecule has 28 heavy (non-hydrogen) atoms. The quantitative estimate of drug-likeness (QED) is 0.400. The van der Waals surface area contributed by atoms with Gasteiger partial charge in [-0.25, -0.2) is 5.43 Å². The van der Waals surface area contributed by atoms with Crippen LogP contribution in [0.1, 0.15) is 25.8 Å². The van der Waals surface area contributed by atoms with E-state index in [1.165, 1.54) is 6.21 Å². The van der Waals surface area contributed by atoms with Crippen molar-refractivity contribution in [2.45, 2.75) is 20.3 Å². The summed E-state index contributed by atoms with van der Waals surface area (Å²) in [4.78, 5) is 23.7. The lowest BCUT2D eigenvalue weighted by molar-refractivity contribution is -0.136. The topological polar surface area (TPSA) is 89.0 Å². The number of carbonyl (C=O) groups excluding carboxylic acids is 2. The number of hydrazone groups is 1. The van der Waals surface area contributed by atoms with Gasteiger partial charge in [-0.3, -0.25) is 9.59 Å². The Morgan fingerprint density at radius 1 is 1.04 bits per heavy atom. The summed E-state index contributed by atoms with van der Waals surface area (Å²) in [7, 11) is 0. The second kappa shape index (κ2) is 10.9. The van der Waals surface area contributed by atoms with Crippen LogP contribution in [0.5, 0.6) is 11.5 Å². The number of carbonyl (C=O) groups is 2. The molecule has 2 aromatic rings. The Morgan fingerprint density at radius 2 is 1.79 bits per heavy atom. The van der Waals surface area contributed by atoms with E-state index in [4.69, 9.17) is 21.1 Å². The molecule has 0 aliphatic carbocycles. The van der Waals surface area contributed by atoms with E-state index in [1.807, 2.05) is 13.8 Å². The Morgan fingerprint density at radius 3 is 2.46 bits per heavy atom. The fourth-order valence-electron chi connectivity index (χ4n) is 2.14. The lowest BCUT2D eigenvalue weighted by Gasteiger charge is -2.11. The summed E-state index contributed by atoms with van der Waals surface area (Å²) < 4.78 is 11.2. The Hall–Kier alpha value is -3.06. The fourth-order valence-corrected chi connectivity index (χ4v) is 2.27. The number of halogens is 1. The minimum absolute atomic E-state index is 0.456. The fraction of sp³-hybridized carbons (Fsp3) is 0.250. The van der Waals surface area contributed by atoms with Crippen LogP contribution in [0.2, 0.25) is 5.02 Å².